The summed E-state index contributed by atoms with van der Waals surface area (Å²) in [6.45, 7) is 4.41. The van der Waals surface area contributed by atoms with Crippen LogP contribution in [0.1, 0.15) is 29.5 Å². The first-order chi connectivity index (χ1) is 12.2. The Labute approximate surface area is 149 Å². The fraction of sp³-hybridized carbons (Fsp3) is 0.120. The van der Waals surface area contributed by atoms with E-state index in [0.717, 1.165) is 0 Å². The summed E-state index contributed by atoms with van der Waals surface area (Å²) in [6.07, 6.45) is 0. The molecule has 0 heterocycles. The number of benzene rings is 4. The SMILES string of the molecule is Cc1ccc(C(C)c2ccc(-c3ccc4ccccc4c3)cc2)cc1. The Balaban J connectivity index is 1.63. The van der Waals surface area contributed by atoms with Crippen LogP contribution in [0.4, 0.5) is 0 Å². The molecule has 0 aliphatic carbocycles. The molecular formula is C25H22. The highest BCUT2D eigenvalue weighted by Crippen LogP contribution is 2.28. The molecule has 0 saturated heterocycles. The lowest BCUT2D eigenvalue weighted by Crippen LogP contribution is -1.96. The predicted molar refractivity (Wildman–Crippen MR) is 108 cm³/mol. The lowest BCUT2D eigenvalue weighted by Gasteiger charge is -2.14. The Morgan fingerprint density at radius 3 is 1.80 bits per heavy atom. The van der Waals surface area contributed by atoms with Crippen LogP contribution in [0.15, 0.2) is 91.0 Å². The zero-order chi connectivity index (χ0) is 17.2. The Morgan fingerprint density at radius 2 is 1.12 bits per heavy atom. The first kappa shape index (κ1) is 15.7. The van der Waals surface area contributed by atoms with Crippen molar-refractivity contribution in [2.24, 2.45) is 0 Å². The molecule has 0 amide bonds. The highest BCUT2D eigenvalue weighted by molar-refractivity contribution is 5.87. The van der Waals surface area contributed by atoms with Crippen molar-refractivity contribution < 1.29 is 0 Å². The van der Waals surface area contributed by atoms with Gasteiger partial charge in [-0.1, -0.05) is 97.4 Å². The average Bonchev–Trinajstić information content (AvgIpc) is 2.68. The van der Waals surface area contributed by atoms with Crippen molar-refractivity contribution in [3.63, 3.8) is 0 Å². The molecule has 0 radical (unpaired) electrons. The molecule has 0 N–H and O–H groups in total. The van der Waals surface area contributed by atoms with Crippen molar-refractivity contribution in [2.45, 2.75) is 19.8 Å². The number of hydrogen-bond donors (Lipinski definition) is 0. The van der Waals surface area contributed by atoms with E-state index in [1.54, 1.807) is 0 Å². The molecule has 0 aliphatic heterocycles. The molecule has 4 aromatic rings. The van der Waals surface area contributed by atoms with Gasteiger partial charge < -0.3 is 0 Å². The molecule has 4 aromatic carbocycles. The van der Waals surface area contributed by atoms with Crippen LogP contribution in [0, 0.1) is 6.92 Å². The van der Waals surface area contributed by atoms with E-state index in [4.69, 9.17) is 0 Å². The van der Waals surface area contributed by atoms with Gasteiger partial charge in [0.15, 0.2) is 0 Å². The molecule has 1 unspecified atom stereocenters. The summed E-state index contributed by atoms with van der Waals surface area (Å²) in [5, 5.41) is 2.58. The minimum atomic E-state index is 0.409. The standard InChI is InChI=1S/C25H22/c1-18-7-9-20(10-8-18)19(2)21-11-13-23(14-12-21)25-16-15-22-5-3-4-6-24(22)17-25/h3-17,19H,1-2H3. The van der Waals surface area contributed by atoms with E-state index in [9.17, 15) is 0 Å². The number of aryl methyl sites for hydroxylation is 1. The fourth-order valence-electron chi connectivity index (χ4n) is 3.38. The van der Waals surface area contributed by atoms with Crippen LogP contribution in [-0.2, 0) is 0 Å². The van der Waals surface area contributed by atoms with Crippen molar-refractivity contribution in [2.75, 3.05) is 0 Å². The minimum absolute atomic E-state index is 0.409. The van der Waals surface area contributed by atoms with Crippen molar-refractivity contribution in [3.05, 3.63) is 108 Å². The predicted octanol–water partition coefficient (Wildman–Crippen LogP) is 6.97. The van der Waals surface area contributed by atoms with E-state index < -0.39 is 0 Å². The van der Waals surface area contributed by atoms with Gasteiger partial charge in [-0.05, 0) is 46.0 Å². The van der Waals surface area contributed by atoms with E-state index >= 15 is 0 Å². The summed E-state index contributed by atoms with van der Waals surface area (Å²) >= 11 is 0. The van der Waals surface area contributed by atoms with Gasteiger partial charge in [0, 0.05) is 5.92 Å². The molecule has 0 saturated carbocycles. The molecule has 4 rings (SSSR count). The van der Waals surface area contributed by atoms with Crippen molar-refractivity contribution in [1.29, 1.82) is 0 Å². The van der Waals surface area contributed by atoms with E-state index in [-0.39, 0.29) is 0 Å². The number of rotatable bonds is 3. The maximum Gasteiger partial charge on any atom is 0.00610 e. The second kappa shape index (κ2) is 6.57. The highest BCUT2D eigenvalue weighted by atomic mass is 14.1. The molecule has 0 aliphatic rings. The Bertz CT molecular complexity index is 992. The van der Waals surface area contributed by atoms with Crippen LogP contribution in [0.25, 0.3) is 21.9 Å². The summed E-state index contributed by atoms with van der Waals surface area (Å²) in [7, 11) is 0. The largest absolute Gasteiger partial charge is 0.0616 e. The molecular weight excluding hydrogens is 300 g/mol. The first-order valence-corrected chi connectivity index (χ1v) is 8.86. The number of fused-ring (bicyclic) bond motifs is 1. The lowest BCUT2D eigenvalue weighted by molar-refractivity contribution is 0.921. The molecule has 1 atom stereocenters. The third kappa shape index (κ3) is 3.21. The second-order valence-electron chi connectivity index (χ2n) is 6.82. The molecule has 0 fully saturated rings. The van der Waals surface area contributed by atoms with Crippen LogP contribution in [0.3, 0.4) is 0 Å². The van der Waals surface area contributed by atoms with Crippen LogP contribution < -0.4 is 0 Å². The summed E-state index contributed by atoms with van der Waals surface area (Å²) in [4.78, 5) is 0. The Kier molecular flexibility index (Phi) is 4.11. The van der Waals surface area contributed by atoms with E-state index in [0.29, 0.717) is 5.92 Å². The van der Waals surface area contributed by atoms with E-state index in [1.165, 1.54) is 38.6 Å². The topological polar surface area (TPSA) is 0 Å². The molecule has 25 heavy (non-hydrogen) atoms. The zero-order valence-electron chi connectivity index (χ0n) is 14.7. The molecule has 0 spiro atoms. The number of hydrogen-bond acceptors (Lipinski definition) is 0. The van der Waals surface area contributed by atoms with Gasteiger partial charge in [0.25, 0.3) is 0 Å². The van der Waals surface area contributed by atoms with Crippen LogP contribution in [-0.4, -0.2) is 0 Å². The maximum atomic E-state index is 2.27. The van der Waals surface area contributed by atoms with E-state index in [2.05, 4.69) is 105 Å². The normalized spacial score (nSPS) is 12.2. The monoisotopic (exact) mass is 322 g/mol. The summed E-state index contributed by atoms with van der Waals surface area (Å²) in [5.41, 5.74) is 6.57. The molecule has 122 valence electrons. The van der Waals surface area contributed by atoms with Crippen LogP contribution in [0.5, 0.6) is 0 Å². The smallest absolute Gasteiger partial charge is 0.00610 e. The van der Waals surface area contributed by atoms with Crippen molar-refractivity contribution in [1.82, 2.24) is 0 Å². The Morgan fingerprint density at radius 1 is 0.560 bits per heavy atom. The molecule has 0 bridgehead atoms. The van der Waals surface area contributed by atoms with Gasteiger partial charge in [-0.15, -0.1) is 0 Å². The van der Waals surface area contributed by atoms with E-state index in [1.807, 2.05) is 0 Å². The lowest BCUT2D eigenvalue weighted by atomic mass is 9.91. The highest BCUT2D eigenvalue weighted by Gasteiger charge is 2.08. The van der Waals surface area contributed by atoms with Gasteiger partial charge >= 0.3 is 0 Å². The molecule has 0 nitrogen and oxygen atoms in total. The van der Waals surface area contributed by atoms with Gasteiger partial charge in [0.2, 0.25) is 0 Å². The van der Waals surface area contributed by atoms with Gasteiger partial charge in [0.05, 0.1) is 0 Å². The van der Waals surface area contributed by atoms with Crippen LogP contribution >= 0.6 is 0 Å². The van der Waals surface area contributed by atoms with Crippen molar-refractivity contribution >= 4 is 10.8 Å². The maximum absolute atomic E-state index is 2.27. The third-order valence-corrected chi connectivity index (χ3v) is 5.07. The van der Waals surface area contributed by atoms with Crippen LogP contribution in [0.2, 0.25) is 0 Å². The Hall–Kier alpha value is -2.86. The zero-order valence-corrected chi connectivity index (χ0v) is 14.7. The summed E-state index contributed by atoms with van der Waals surface area (Å²) in [5.74, 6) is 0.409. The van der Waals surface area contributed by atoms with Gasteiger partial charge in [-0.2, -0.15) is 0 Å². The van der Waals surface area contributed by atoms with Gasteiger partial charge in [-0.3, -0.25) is 0 Å². The first-order valence-electron chi connectivity index (χ1n) is 8.86. The van der Waals surface area contributed by atoms with Gasteiger partial charge in [-0.25, -0.2) is 0 Å². The average molecular weight is 322 g/mol. The molecule has 0 heteroatoms. The molecule has 0 aromatic heterocycles. The fourth-order valence-corrected chi connectivity index (χ4v) is 3.38. The van der Waals surface area contributed by atoms with Gasteiger partial charge in [0.1, 0.15) is 0 Å². The summed E-state index contributed by atoms with van der Waals surface area (Å²) in [6, 6.07) is 33.0. The van der Waals surface area contributed by atoms with Crippen molar-refractivity contribution in [3.8, 4) is 11.1 Å². The second-order valence-corrected chi connectivity index (χ2v) is 6.82. The summed E-state index contributed by atoms with van der Waals surface area (Å²) < 4.78 is 0. The quantitative estimate of drug-likeness (QED) is 0.382. The third-order valence-electron chi connectivity index (χ3n) is 5.07. The minimum Gasteiger partial charge on any atom is -0.0616 e.